The molecular formula is C59H52F2N4O28. The topological polar surface area (TPSA) is 396 Å². The fraction of sp³-hybridized carbons (Fsp3) is 0.288. The summed E-state index contributed by atoms with van der Waals surface area (Å²) < 4.78 is 104. The Kier molecular flexibility index (Phi) is 22.4. The second-order valence-electron chi connectivity index (χ2n) is 19.2. The molecule has 1 spiro atoms. The van der Waals surface area contributed by atoms with E-state index >= 15 is 8.78 Å². The standard InChI is InChI=1S/C59H52F2N4O28/c1-30(66)82-26-86-53(72)22-63(23-54(73)87-27-83-31(2)67)45-11-8-37(16-51(45)80-13-14-81-52-17-38(65(78)79)9-12-46(52)64(24-55(74)88-28-84-32(3)68)25-56(75)89-29-85-33(4)69)62-57(76)36-7-10-40-39(15-36)58(77)93-59(40)41-18-43(60)49(90-34(5)70)20-47(41)92-48-21-50(91-35(6)71)44(61)19-42(48)59/h7-12,15-21H,13-14,22-29H2,1-6H3,(H,62,76). The molecule has 0 saturated carbocycles. The Bertz CT molecular complexity index is 3710. The van der Waals surface area contributed by atoms with Crippen molar-refractivity contribution in [1.82, 2.24) is 0 Å². The Morgan fingerprint density at radius 3 is 1.33 bits per heavy atom. The van der Waals surface area contributed by atoms with Crippen LogP contribution in [-0.4, -0.2) is 143 Å². The summed E-state index contributed by atoms with van der Waals surface area (Å²) in [4.78, 5) is 164. The number of rotatable bonds is 28. The fourth-order valence-corrected chi connectivity index (χ4v) is 8.77. The number of nitro benzene ring substituents is 1. The zero-order valence-electron chi connectivity index (χ0n) is 49.6. The third kappa shape index (κ3) is 17.9. The predicted octanol–water partition coefficient (Wildman–Crippen LogP) is 4.87. The van der Waals surface area contributed by atoms with Crippen molar-refractivity contribution in [1.29, 1.82) is 0 Å². The fourth-order valence-electron chi connectivity index (χ4n) is 8.77. The molecule has 93 heavy (non-hydrogen) atoms. The van der Waals surface area contributed by atoms with Crippen LogP contribution in [0.1, 0.15) is 78.9 Å². The summed E-state index contributed by atoms with van der Waals surface area (Å²) >= 11 is 0. The molecule has 0 aliphatic carbocycles. The van der Waals surface area contributed by atoms with Gasteiger partial charge < -0.3 is 81.4 Å². The zero-order chi connectivity index (χ0) is 67.8. The van der Waals surface area contributed by atoms with Crippen molar-refractivity contribution in [3.63, 3.8) is 0 Å². The average molecular weight is 1300 g/mol. The Labute approximate surface area is 522 Å². The van der Waals surface area contributed by atoms with Gasteiger partial charge >= 0.3 is 65.7 Å². The molecule has 0 saturated heterocycles. The van der Waals surface area contributed by atoms with Gasteiger partial charge in [-0.1, -0.05) is 6.07 Å². The highest BCUT2D eigenvalue weighted by Crippen LogP contribution is 2.58. The van der Waals surface area contributed by atoms with E-state index in [2.05, 4.69) is 14.8 Å². The second kappa shape index (κ2) is 30.5. The number of nitrogens with one attached hydrogen (secondary N) is 1. The number of fused-ring (bicyclic) bond motifs is 6. The van der Waals surface area contributed by atoms with E-state index in [1.54, 1.807) is 0 Å². The van der Waals surface area contributed by atoms with E-state index in [1.165, 1.54) is 30.3 Å². The zero-order valence-corrected chi connectivity index (χ0v) is 49.6. The first-order valence-corrected chi connectivity index (χ1v) is 26.9. The first-order chi connectivity index (χ1) is 44.1. The van der Waals surface area contributed by atoms with Crippen LogP contribution in [0.4, 0.5) is 31.5 Å². The van der Waals surface area contributed by atoms with Crippen LogP contribution in [0.2, 0.25) is 0 Å². The van der Waals surface area contributed by atoms with E-state index in [0.717, 1.165) is 99.9 Å². The number of hydrogen-bond donors (Lipinski definition) is 1. The SMILES string of the molecule is CC(=O)OCOC(=O)CN(CC(=O)OCOC(C)=O)c1ccc(NC(=O)c2ccc3c(c2)C(=O)OC32c3cc(F)c(OC(C)=O)cc3Oc3cc(OC(C)=O)c(F)cc32)cc1OCCOc1cc([N+](=O)[O-])ccc1N(CC(=O)OCOC(C)=O)CC(=O)OCOC(C)=O. The minimum Gasteiger partial charge on any atom is -0.488 e. The van der Waals surface area contributed by atoms with Crippen molar-refractivity contribution in [3.05, 3.63) is 128 Å². The molecule has 0 radical (unpaired) electrons. The Hall–Kier alpha value is -12.0. The number of nitro groups is 1. The van der Waals surface area contributed by atoms with Crippen LogP contribution in [0.3, 0.4) is 0 Å². The lowest BCUT2D eigenvalue weighted by molar-refractivity contribution is -0.384. The molecule has 2 heterocycles. The highest BCUT2D eigenvalue weighted by Gasteiger charge is 2.55. The van der Waals surface area contributed by atoms with Crippen molar-refractivity contribution in [2.24, 2.45) is 0 Å². The summed E-state index contributed by atoms with van der Waals surface area (Å²) in [5.74, 6) is -16.2. The van der Waals surface area contributed by atoms with Gasteiger partial charge in [-0.25, -0.2) is 13.6 Å². The average Bonchev–Trinajstić information content (AvgIpc) is 1.62. The maximum atomic E-state index is 15.8. The van der Waals surface area contributed by atoms with Crippen LogP contribution in [0.5, 0.6) is 34.5 Å². The molecule has 0 atom stereocenters. The molecule has 0 fully saturated rings. The van der Waals surface area contributed by atoms with Crippen LogP contribution >= 0.6 is 0 Å². The molecule has 490 valence electrons. The number of esters is 11. The summed E-state index contributed by atoms with van der Waals surface area (Å²) in [6.07, 6.45) is 0. The number of carbonyl (C=O) groups is 12. The van der Waals surface area contributed by atoms with E-state index in [-0.39, 0.29) is 67.9 Å². The Morgan fingerprint density at radius 2 is 0.925 bits per heavy atom. The molecule has 1 amide bonds. The highest BCUT2D eigenvalue weighted by molar-refractivity contribution is 6.07. The number of benzene rings is 5. The summed E-state index contributed by atoms with van der Waals surface area (Å²) in [5, 5.41) is 14.7. The molecular weight excluding hydrogens is 1250 g/mol. The van der Waals surface area contributed by atoms with Crippen molar-refractivity contribution in [2.45, 2.75) is 47.1 Å². The molecule has 32 nitrogen and oxygen atoms in total. The van der Waals surface area contributed by atoms with E-state index in [9.17, 15) is 67.6 Å². The van der Waals surface area contributed by atoms with Gasteiger partial charge in [0.25, 0.3) is 11.6 Å². The summed E-state index contributed by atoms with van der Waals surface area (Å²) in [5.41, 5.74) is -4.32. The van der Waals surface area contributed by atoms with Gasteiger partial charge in [-0.05, 0) is 42.5 Å². The van der Waals surface area contributed by atoms with Gasteiger partial charge in [0.1, 0.15) is 62.4 Å². The quantitative estimate of drug-likeness (QED) is 0.0133. The van der Waals surface area contributed by atoms with E-state index in [4.69, 9.17) is 56.8 Å². The van der Waals surface area contributed by atoms with Crippen LogP contribution in [-0.2, 0) is 96.2 Å². The lowest BCUT2D eigenvalue weighted by Crippen LogP contribution is -2.37. The van der Waals surface area contributed by atoms with Gasteiger partial charge in [0.2, 0.25) is 27.2 Å². The van der Waals surface area contributed by atoms with Gasteiger partial charge in [0.05, 0.1) is 39.1 Å². The third-order valence-corrected chi connectivity index (χ3v) is 12.5. The smallest absolute Gasteiger partial charge is 0.340 e. The maximum Gasteiger partial charge on any atom is 0.340 e. The maximum absolute atomic E-state index is 15.8. The number of halogens is 2. The number of ether oxygens (including phenoxy) is 14. The van der Waals surface area contributed by atoms with E-state index in [0.29, 0.717) is 0 Å². The van der Waals surface area contributed by atoms with Gasteiger partial charge in [0.15, 0.2) is 28.7 Å². The van der Waals surface area contributed by atoms with Crippen molar-refractivity contribution in [3.8, 4) is 34.5 Å². The van der Waals surface area contributed by atoms with Crippen molar-refractivity contribution < 1.29 is 138 Å². The molecule has 34 heteroatoms. The van der Waals surface area contributed by atoms with E-state index in [1.807, 2.05) is 0 Å². The normalized spacial score (nSPS) is 11.8. The van der Waals surface area contributed by atoms with Crippen LogP contribution in [0, 0.1) is 21.7 Å². The summed E-state index contributed by atoms with van der Waals surface area (Å²) in [6, 6.07) is 13.8. The monoisotopic (exact) mass is 1300 g/mol. The third-order valence-electron chi connectivity index (χ3n) is 12.5. The number of amides is 1. The Morgan fingerprint density at radius 1 is 0.505 bits per heavy atom. The lowest BCUT2D eigenvalue weighted by atomic mass is 9.77. The van der Waals surface area contributed by atoms with Crippen LogP contribution in [0.25, 0.3) is 0 Å². The van der Waals surface area contributed by atoms with Gasteiger partial charge in [-0.3, -0.25) is 62.9 Å². The highest BCUT2D eigenvalue weighted by atomic mass is 19.1. The van der Waals surface area contributed by atoms with Gasteiger partial charge in [0, 0.05) is 82.6 Å². The largest absolute Gasteiger partial charge is 0.488 e. The lowest BCUT2D eigenvalue weighted by Gasteiger charge is -2.36. The summed E-state index contributed by atoms with van der Waals surface area (Å²) in [7, 11) is 0. The van der Waals surface area contributed by atoms with E-state index < -0.39 is 177 Å². The van der Waals surface area contributed by atoms with Gasteiger partial charge in [-0.2, -0.15) is 0 Å². The molecule has 5 aromatic rings. The van der Waals surface area contributed by atoms with Crippen LogP contribution in [0.15, 0.2) is 78.9 Å². The van der Waals surface area contributed by atoms with Crippen molar-refractivity contribution in [2.75, 3.05) is 81.7 Å². The molecule has 5 aromatic carbocycles. The minimum atomic E-state index is -2.23. The molecule has 2 aliphatic rings. The number of hydrogen-bond acceptors (Lipinski definition) is 30. The molecule has 7 rings (SSSR count). The molecule has 0 bridgehead atoms. The number of nitrogens with zero attached hydrogens (tertiary/aromatic N) is 3. The number of carbonyl (C=O) groups excluding carboxylic acids is 12. The number of anilines is 3. The molecule has 0 aromatic heterocycles. The first kappa shape index (κ1) is 68.5. The molecule has 1 N–H and O–H groups in total. The first-order valence-electron chi connectivity index (χ1n) is 26.9. The summed E-state index contributed by atoms with van der Waals surface area (Å²) in [6.45, 7) is -1.77. The molecule has 2 aliphatic heterocycles. The van der Waals surface area contributed by atoms with Crippen LogP contribution < -0.4 is 38.8 Å². The second-order valence-corrected chi connectivity index (χ2v) is 19.2. The van der Waals surface area contributed by atoms with Gasteiger partial charge in [-0.15, -0.1) is 0 Å². The minimum absolute atomic E-state index is 0.0725. The van der Waals surface area contributed by atoms with Crippen molar-refractivity contribution >= 4 is 94.3 Å². The Balaban J connectivity index is 1.24. The molecule has 0 unspecified atom stereocenters. The predicted molar refractivity (Wildman–Crippen MR) is 301 cm³/mol. The number of non-ortho nitro benzene ring substituents is 1.